The average Bonchev–Trinajstić information content (AvgIpc) is 3.09. The van der Waals surface area contributed by atoms with Gasteiger partial charge in [-0.2, -0.15) is 5.10 Å². The van der Waals surface area contributed by atoms with E-state index in [0.29, 0.717) is 5.56 Å². The van der Waals surface area contributed by atoms with Crippen molar-refractivity contribution in [1.29, 1.82) is 0 Å². The molecule has 0 saturated heterocycles. The zero-order chi connectivity index (χ0) is 16.2. The summed E-state index contributed by atoms with van der Waals surface area (Å²) in [5.74, 6) is -0.0761. The number of rotatable bonds is 4. The van der Waals surface area contributed by atoms with Crippen molar-refractivity contribution >= 4 is 5.91 Å². The number of aryl methyl sites for hydroxylation is 1. The van der Waals surface area contributed by atoms with Crippen LogP contribution in [0.1, 0.15) is 34.5 Å². The van der Waals surface area contributed by atoms with E-state index in [1.54, 1.807) is 10.9 Å². The SMILES string of the molecule is Cc1ccccc1C(C)NC(=O)c1ccc(-n2cccn2)cc1. The van der Waals surface area contributed by atoms with Crippen LogP contribution >= 0.6 is 0 Å². The zero-order valence-electron chi connectivity index (χ0n) is 13.2. The van der Waals surface area contributed by atoms with E-state index in [0.717, 1.165) is 11.3 Å². The van der Waals surface area contributed by atoms with Gasteiger partial charge < -0.3 is 5.32 Å². The van der Waals surface area contributed by atoms with Gasteiger partial charge in [-0.05, 0) is 55.3 Å². The van der Waals surface area contributed by atoms with Gasteiger partial charge in [-0.1, -0.05) is 24.3 Å². The maximum Gasteiger partial charge on any atom is 0.251 e. The molecule has 0 bridgehead atoms. The highest BCUT2D eigenvalue weighted by Gasteiger charge is 2.13. The molecule has 0 aliphatic carbocycles. The van der Waals surface area contributed by atoms with Gasteiger partial charge in [-0.15, -0.1) is 0 Å². The van der Waals surface area contributed by atoms with Crippen LogP contribution in [0.15, 0.2) is 67.0 Å². The van der Waals surface area contributed by atoms with Gasteiger partial charge in [0.1, 0.15) is 0 Å². The molecule has 0 fully saturated rings. The van der Waals surface area contributed by atoms with Crippen molar-refractivity contribution in [2.45, 2.75) is 19.9 Å². The number of carbonyl (C=O) groups excluding carboxylic acids is 1. The second kappa shape index (κ2) is 6.48. The van der Waals surface area contributed by atoms with E-state index in [-0.39, 0.29) is 11.9 Å². The molecular weight excluding hydrogens is 286 g/mol. The maximum atomic E-state index is 12.4. The summed E-state index contributed by atoms with van der Waals surface area (Å²) in [5.41, 5.74) is 3.88. The van der Waals surface area contributed by atoms with Crippen molar-refractivity contribution in [3.05, 3.63) is 83.7 Å². The summed E-state index contributed by atoms with van der Waals surface area (Å²) in [7, 11) is 0. The molecule has 1 N–H and O–H groups in total. The smallest absolute Gasteiger partial charge is 0.251 e. The van der Waals surface area contributed by atoms with Crippen LogP contribution in [-0.2, 0) is 0 Å². The third-order valence-corrected chi connectivity index (χ3v) is 3.90. The number of nitrogens with one attached hydrogen (secondary N) is 1. The highest BCUT2D eigenvalue weighted by atomic mass is 16.1. The average molecular weight is 305 g/mol. The molecule has 0 saturated carbocycles. The first-order valence-electron chi connectivity index (χ1n) is 7.61. The number of nitrogens with zero attached hydrogens (tertiary/aromatic N) is 2. The minimum Gasteiger partial charge on any atom is -0.346 e. The topological polar surface area (TPSA) is 46.9 Å². The number of hydrogen-bond acceptors (Lipinski definition) is 2. The Hall–Kier alpha value is -2.88. The van der Waals surface area contributed by atoms with Gasteiger partial charge in [-0.3, -0.25) is 4.79 Å². The summed E-state index contributed by atoms with van der Waals surface area (Å²) in [5, 5.41) is 7.22. The van der Waals surface area contributed by atoms with Crippen LogP contribution in [0.2, 0.25) is 0 Å². The summed E-state index contributed by atoms with van der Waals surface area (Å²) in [6.07, 6.45) is 3.60. The van der Waals surface area contributed by atoms with Gasteiger partial charge in [0.2, 0.25) is 0 Å². The first-order chi connectivity index (χ1) is 11.1. The van der Waals surface area contributed by atoms with Gasteiger partial charge in [0, 0.05) is 18.0 Å². The standard InChI is InChI=1S/C19H19N3O/c1-14-6-3-4-7-18(14)15(2)21-19(23)16-8-10-17(11-9-16)22-13-5-12-20-22/h3-13,15H,1-2H3,(H,21,23). The van der Waals surface area contributed by atoms with E-state index in [2.05, 4.69) is 23.4 Å². The number of benzene rings is 2. The van der Waals surface area contributed by atoms with Crippen molar-refractivity contribution in [2.24, 2.45) is 0 Å². The Bertz CT molecular complexity index is 792. The molecule has 1 heterocycles. The molecule has 1 aromatic heterocycles. The lowest BCUT2D eigenvalue weighted by Crippen LogP contribution is -2.27. The van der Waals surface area contributed by atoms with Crippen LogP contribution in [0.3, 0.4) is 0 Å². The Morgan fingerprint density at radius 3 is 2.48 bits per heavy atom. The fraction of sp³-hybridized carbons (Fsp3) is 0.158. The van der Waals surface area contributed by atoms with Crippen LogP contribution in [-0.4, -0.2) is 15.7 Å². The minimum absolute atomic E-state index is 0.0329. The van der Waals surface area contributed by atoms with Crippen molar-refractivity contribution in [1.82, 2.24) is 15.1 Å². The molecule has 0 radical (unpaired) electrons. The van der Waals surface area contributed by atoms with Gasteiger partial charge in [0.05, 0.1) is 11.7 Å². The third-order valence-electron chi connectivity index (χ3n) is 3.90. The van der Waals surface area contributed by atoms with Crippen LogP contribution in [0.4, 0.5) is 0 Å². The van der Waals surface area contributed by atoms with Crippen LogP contribution in [0, 0.1) is 6.92 Å². The zero-order valence-corrected chi connectivity index (χ0v) is 13.2. The Kier molecular flexibility index (Phi) is 4.24. The van der Waals surface area contributed by atoms with Crippen LogP contribution < -0.4 is 5.32 Å². The van der Waals surface area contributed by atoms with Crippen molar-refractivity contribution < 1.29 is 4.79 Å². The van der Waals surface area contributed by atoms with E-state index < -0.39 is 0 Å². The molecule has 0 aliphatic rings. The highest BCUT2D eigenvalue weighted by Crippen LogP contribution is 2.17. The second-order valence-electron chi connectivity index (χ2n) is 5.55. The number of aromatic nitrogens is 2. The third kappa shape index (κ3) is 3.31. The van der Waals surface area contributed by atoms with Crippen molar-refractivity contribution in [2.75, 3.05) is 0 Å². The highest BCUT2D eigenvalue weighted by molar-refractivity contribution is 5.94. The fourth-order valence-corrected chi connectivity index (χ4v) is 2.62. The first-order valence-corrected chi connectivity index (χ1v) is 7.61. The molecule has 3 rings (SSSR count). The molecule has 2 aromatic carbocycles. The van der Waals surface area contributed by atoms with Crippen LogP contribution in [0.25, 0.3) is 5.69 Å². The second-order valence-corrected chi connectivity index (χ2v) is 5.55. The predicted molar refractivity (Wildman–Crippen MR) is 90.6 cm³/mol. The summed E-state index contributed by atoms with van der Waals surface area (Å²) in [6, 6.07) is 17.3. The molecular formula is C19H19N3O. The molecule has 1 amide bonds. The summed E-state index contributed by atoms with van der Waals surface area (Å²) < 4.78 is 1.76. The molecule has 23 heavy (non-hydrogen) atoms. The molecule has 4 heteroatoms. The Balaban J connectivity index is 1.72. The summed E-state index contributed by atoms with van der Waals surface area (Å²) in [4.78, 5) is 12.4. The van der Waals surface area contributed by atoms with Crippen molar-refractivity contribution in [3.8, 4) is 5.69 Å². The van der Waals surface area contributed by atoms with E-state index >= 15 is 0 Å². The first kappa shape index (κ1) is 15.0. The van der Waals surface area contributed by atoms with Crippen LogP contribution in [0.5, 0.6) is 0 Å². The molecule has 4 nitrogen and oxygen atoms in total. The van der Waals surface area contributed by atoms with Gasteiger partial charge in [0.15, 0.2) is 0 Å². The Morgan fingerprint density at radius 1 is 1.09 bits per heavy atom. The number of hydrogen-bond donors (Lipinski definition) is 1. The molecule has 116 valence electrons. The minimum atomic E-state index is -0.0761. The summed E-state index contributed by atoms with van der Waals surface area (Å²) in [6.45, 7) is 4.05. The van der Waals surface area contributed by atoms with E-state index in [9.17, 15) is 4.79 Å². The Labute approximate surface area is 135 Å². The Morgan fingerprint density at radius 2 is 1.83 bits per heavy atom. The largest absolute Gasteiger partial charge is 0.346 e. The van der Waals surface area contributed by atoms with Gasteiger partial charge in [0.25, 0.3) is 5.91 Å². The molecule has 1 atom stereocenters. The van der Waals surface area contributed by atoms with E-state index in [1.807, 2.05) is 61.7 Å². The van der Waals surface area contributed by atoms with Gasteiger partial charge in [-0.25, -0.2) is 4.68 Å². The lowest BCUT2D eigenvalue weighted by Gasteiger charge is -2.16. The number of carbonyl (C=O) groups is 1. The normalized spacial score (nSPS) is 11.9. The summed E-state index contributed by atoms with van der Waals surface area (Å²) >= 11 is 0. The van der Waals surface area contributed by atoms with Crippen molar-refractivity contribution in [3.63, 3.8) is 0 Å². The molecule has 0 aliphatic heterocycles. The van der Waals surface area contributed by atoms with E-state index in [1.165, 1.54) is 5.56 Å². The fourth-order valence-electron chi connectivity index (χ4n) is 2.62. The molecule has 0 spiro atoms. The lowest BCUT2D eigenvalue weighted by molar-refractivity contribution is 0.0940. The maximum absolute atomic E-state index is 12.4. The van der Waals surface area contributed by atoms with Gasteiger partial charge >= 0.3 is 0 Å². The van der Waals surface area contributed by atoms with E-state index in [4.69, 9.17) is 0 Å². The molecule has 3 aromatic rings. The number of amides is 1. The monoisotopic (exact) mass is 305 g/mol. The molecule has 1 unspecified atom stereocenters. The lowest BCUT2D eigenvalue weighted by atomic mass is 10.0. The predicted octanol–water partition coefficient (Wildman–Crippen LogP) is 3.67. The quantitative estimate of drug-likeness (QED) is 0.799.